The summed E-state index contributed by atoms with van der Waals surface area (Å²) in [5.41, 5.74) is 5.98. The number of alkyl halides is 2. The van der Waals surface area contributed by atoms with Crippen LogP contribution < -0.4 is 15.2 Å². The Bertz CT molecular complexity index is 848. The topological polar surface area (TPSA) is 103 Å². The quantitative estimate of drug-likeness (QED) is 0.727. The minimum absolute atomic E-state index is 0.0302. The van der Waals surface area contributed by atoms with E-state index in [2.05, 4.69) is 9.46 Å². The summed E-state index contributed by atoms with van der Waals surface area (Å²) in [6.07, 6.45) is 1.64. The van der Waals surface area contributed by atoms with Crippen LogP contribution in [0.25, 0.3) is 0 Å². The van der Waals surface area contributed by atoms with Crippen molar-refractivity contribution in [1.82, 2.24) is 9.29 Å². The summed E-state index contributed by atoms with van der Waals surface area (Å²) in [6, 6.07) is 7.10. The maximum atomic E-state index is 12.2. The van der Waals surface area contributed by atoms with E-state index < -0.39 is 22.5 Å². The van der Waals surface area contributed by atoms with Crippen LogP contribution in [0.2, 0.25) is 0 Å². The summed E-state index contributed by atoms with van der Waals surface area (Å²) < 4.78 is 56.5. The van der Waals surface area contributed by atoms with Crippen molar-refractivity contribution < 1.29 is 26.7 Å². The van der Waals surface area contributed by atoms with Crippen LogP contribution in [0.4, 0.5) is 8.78 Å². The van der Waals surface area contributed by atoms with Crippen molar-refractivity contribution in [2.75, 3.05) is 6.54 Å². The number of rotatable bonds is 8. The molecular formula is C15H17F2N3O4S. The van der Waals surface area contributed by atoms with Crippen LogP contribution in [0, 0.1) is 0 Å². The Labute approximate surface area is 143 Å². The Morgan fingerprint density at radius 1 is 1.32 bits per heavy atom. The second-order valence-corrected chi connectivity index (χ2v) is 6.97. The van der Waals surface area contributed by atoms with Crippen molar-refractivity contribution in [3.05, 3.63) is 47.8 Å². The van der Waals surface area contributed by atoms with Gasteiger partial charge in [0.15, 0.2) is 0 Å². The normalized spacial score (nSPS) is 11.7. The highest BCUT2D eigenvalue weighted by atomic mass is 32.2. The minimum atomic E-state index is -3.79. The molecule has 0 atom stereocenters. The van der Waals surface area contributed by atoms with Gasteiger partial charge < -0.3 is 15.0 Å². The fraction of sp³-hybridized carbons (Fsp3) is 0.267. The van der Waals surface area contributed by atoms with Gasteiger partial charge in [-0.05, 0) is 30.2 Å². The smallest absolute Gasteiger partial charge is 0.387 e. The molecule has 0 fully saturated rings. The van der Waals surface area contributed by atoms with Gasteiger partial charge in [-0.15, -0.1) is 0 Å². The molecule has 1 heterocycles. The molecule has 2 aromatic rings. The summed E-state index contributed by atoms with van der Waals surface area (Å²) in [7, 11) is -2.28. The van der Waals surface area contributed by atoms with Gasteiger partial charge in [-0.2, -0.15) is 8.78 Å². The molecule has 0 aliphatic carbocycles. The molecule has 3 N–H and O–H groups in total. The maximum absolute atomic E-state index is 12.2. The minimum Gasteiger partial charge on any atom is -0.435 e. The van der Waals surface area contributed by atoms with E-state index >= 15 is 0 Å². The number of ether oxygens (including phenoxy) is 1. The molecule has 0 saturated carbocycles. The van der Waals surface area contributed by atoms with Gasteiger partial charge in [-0.1, -0.05) is 12.1 Å². The summed E-state index contributed by atoms with van der Waals surface area (Å²) >= 11 is 0. The van der Waals surface area contributed by atoms with E-state index in [0.29, 0.717) is 6.42 Å². The molecule has 1 aromatic carbocycles. The Morgan fingerprint density at radius 3 is 2.48 bits per heavy atom. The molecule has 10 heteroatoms. The number of halogens is 2. The number of primary amides is 1. The average Bonchev–Trinajstić information content (AvgIpc) is 2.91. The van der Waals surface area contributed by atoms with E-state index in [4.69, 9.17) is 5.73 Å². The molecule has 7 nitrogen and oxygen atoms in total. The van der Waals surface area contributed by atoms with Crippen LogP contribution in [0.5, 0.6) is 5.75 Å². The summed E-state index contributed by atoms with van der Waals surface area (Å²) in [4.78, 5) is 11.1. The zero-order valence-corrected chi connectivity index (χ0v) is 14.1. The van der Waals surface area contributed by atoms with Gasteiger partial charge in [0.1, 0.15) is 16.3 Å². The van der Waals surface area contributed by atoms with Gasteiger partial charge in [0.05, 0.1) is 0 Å². The molecule has 0 unspecified atom stereocenters. The van der Waals surface area contributed by atoms with Crippen molar-refractivity contribution in [2.45, 2.75) is 17.9 Å². The molecule has 1 amide bonds. The van der Waals surface area contributed by atoms with E-state index in [9.17, 15) is 22.0 Å². The lowest BCUT2D eigenvalue weighted by Gasteiger charge is -2.07. The van der Waals surface area contributed by atoms with Crippen molar-refractivity contribution >= 4 is 15.9 Å². The number of nitrogens with two attached hydrogens (primary N) is 1. The molecule has 0 aliphatic heterocycles. The van der Waals surface area contributed by atoms with Gasteiger partial charge in [0.2, 0.25) is 10.0 Å². The molecule has 0 saturated heterocycles. The predicted octanol–water partition coefficient (Wildman–Crippen LogP) is 1.25. The van der Waals surface area contributed by atoms with Crippen LogP contribution >= 0.6 is 0 Å². The second kappa shape index (κ2) is 7.62. The number of benzene rings is 1. The lowest BCUT2D eigenvalue weighted by molar-refractivity contribution is -0.0498. The first-order chi connectivity index (χ1) is 11.7. The van der Waals surface area contributed by atoms with Crippen LogP contribution in [0.1, 0.15) is 16.1 Å². The highest BCUT2D eigenvalue weighted by Gasteiger charge is 2.19. The van der Waals surface area contributed by atoms with Crippen LogP contribution in [0.15, 0.2) is 41.4 Å². The molecule has 0 radical (unpaired) electrons. The van der Waals surface area contributed by atoms with Gasteiger partial charge >= 0.3 is 6.61 Å². The fourth-order valence-electron chi connectivity index (χ4n) is 2.18. The number of hydrogen-bond donors (Lipinski definition) is 2. The predicted molar refractivity (Wildman–Crippen MR) is 85.9 cm³/mol. The largest absolute Gasteiger partial charge is 0.435 e. The summed E-state index contributed by atoms with van der Waals surface area (Å²) in [5, 5.41) is 0. The number of aryl methyl sites for hydroxylation is 1. The van der Waals surface area contributed by atoms with Gasteiger partial charge in [-0.25, -0.2) is 13.1 Å². The number of nitrogens with one attached hydrogen (secondary N) is 1. The Morgan fingerprint density at radius 2 is 1.96 bits per heavy atom. The van der Waals surface area contributed by atoms with Crippen LogP contribution in [-0.2, 0) is 23.5 Å². The number of carbonyl (C=O) groups is 1. The van der Waals surface area contributed by atoms with Crippen molar-refractivity contribution in [3.8, 4) is 5.75 Å². The lowest BCUT2D eigenvalue weighted by atomic mass is 10.1. The molecule has 0 spiro atoms. The van der Waals surface area contributed by atoms with E-state index in [-0.39, 0.29) is 22.9 Å². The molecule has 0 bridgehead atoms. The number of aromatic nitrogens is 1. The third-order valence-electron chi connectivity index (χ3n) is 3.40. The first kappa shape index (κ1) is 18.9. The van der Waals surface area contributed by atoms with Crippen LogP contribution in [-0.4, -0.2) is 32.0 Å². The van der Waals surface area contributed by atoms with E-state index in [1.54, 1.807) is 12.1 Å². The van der Waals surface area contributed by atoms with E-state index in [1.807, 2.05) is 0 Å². The van der Waals surface area contributed by atoms with Crippen molar-refractivity contribution in [3.63, 3.8) is 0 Å². The van der Waals surface area contributed by atoms with E-state index in [1.165, 1.54) is 36.0 Å². The second-order valence-electron chi connectivity index (χ2n) is 5.21. The fourth-order valence-corrected chi connectivity index (χ4v) is 3.28. The molecular weight excluding hydrogens is 356 g/mol. The maximum Gasteiger partial charge on any atom is 0.387 e. The SMILES string of the molecule is Cn1cc(S(=O)(=O)NCCc2ccc(OC(F)F)cc2)cc1C(N)=O. The van der Waals surface area contributed by atoms with Gasteiger partial charge in [-0.3, -0.25) is 4.79 Å². The van der Waals surface area contributed by atoms with Crippen molar-refractivity contribution in [1.29, 1.82) is 0 Å². The molecule has 2 rings (SSSR count). The van der Waals surface area contributed by atoms with Gasteiger partial charge in [0, 0.05) is 19.8 Å². The number of sulfonamides is 1. The number of nitrogens with zero attached hydrogens (tertiary/aromatic N) is 1. The third kappa shape index (κ3) is 5.00. The number of amides is 1. The van der Waals surface area contributed by atoms with Crippen molar-refractivity contribution in [2.24, 2.45) is 12.8 Å². The first-order valence-corrected chi connectivity index (χ1v) is 8.67. The highest BCUT2D eigenvalue weighted by Crippen LogP contribution is 2.16. The average molecular weight is 373 g/mol. The van der Waals surface area contributed by atoms with Crippen LogP contribution in [0.3, 0.4) is 0 Å². The number of hydrogen-bond acceptors (Lipinski definition) is 4. The first-order valence-electron chi connectivity index (χ1n) is 7.18. The lowest BCUT2D eigenvalue weighted by Crippen LogP contribution is -2.25. The standard InChI is InChI=1S/C15H17F2N3O4S/c1-20-9-12(8-13(20)14(18)21)25(22,23)19-7-6-10-2-4-11(5-3-10)24-15(16)17/h2-5,8-9,15,19H,6-7H2,1H3,(H2,18,21). The number of carbonyl (C=O) groups excluding carboxylic acids is 1. The Hall–Kier alpha value is -2.46. The molecule has 136 valence electrons. The zero-order chi connectivity index (χ0) is 18.6. The molecule has 0 aliphatic rings. The molecule has 25 heavy (non-hydrogen) atoms. The Balaban J connectivity index is 1.96. The molecule has 1 aromatic heterocycles. The van der Waals surface area contributed by atoms with Gasteiger partial charge in [0.25, 0.3) is 5.91 Å². The summed E-state index contributed by atoms with van der Waals surface area (Å²) in [6.45, 7) is -2.80. The van der Waals surface area contributed by atoms with E-state index in [0.717, 1.165) is 5.56 Å². The zero-order valence-electron chi connectivity index (χ0n) is 13.3. The third-order valence-corrected chi connectivity index (χ3v) is 4.82. The summed E-state index contributed by atoms with van der Waals surface area (Å²) in [5.74, 6) is -0.697. The monoisotopic (exact) mass is 373 g/mol. The Kier molecular flexibility index (Phi) is 5.75. The highest BCUT2D eigenvalue weighted by molar-refractivity contribution is 7.89.